The summed E-state index contributed by atoms with van der Waals surface area (Å²) in [7, 11) is 0. The molecule has 3 aliphatic heterocycles. The van der Waals surface area contributed by atoms with E-state index in [1.54, 1.807) is 11.8 Å². The fourth-order valence-corrected chi connectivity index (χ4v) is 3.63. The minimum absolute atomic E-state index is 0. The van der Waals surface area contributed by atoms with E-state index in [1.807, 2.05) is 0 Å². The van der Waals surface area contributed by atoms with Crippen molar-refractivity contribution in [1.29, 1.82) is 0 Å². The number of piperidine rings is 1. The Morgan fingerprint density at radius 1 is 1.25 bits per heavy atom. The molecule has 3 aliphatic rings. The van der Waals surface area contributed by atoms with E-state index in [0.29, 0.717) is 25.9 Å². The molecule has 4 amide bonds. The average molecular weight is 367 g/mol. The van der Waals surface area contributed by atoms with Crippen LogP contribution in [0.2, 0.25) is 0 Å². The monoisotopic (exact) mass is 366 g/mol. The van der Waals surface area contributed by atoms with Crippen LogP contribution in [0.4, 0.5) is 13.6 Å². The maximum atomic E-state index is 13.2. The van der Waals surface area contributed by atoms with Gasteiger partial charge < -0.3 is 10.2 Å². The lowest BCUT2D eigenvalue weighted by molar-refractivity contribution is -0.136. The van der Waals surface area contributed by atoms with Crippen LogP contribution in [0.15, 0.2) is 0 Å². The van der Waals surface area contributed by atoms with Crippen molar-refractivity contribution in [3.8, 4) is 0 Å². The van der Waals surface area contributed by atoms with Gasteiger partial charge in [0.1, 0.15) is 5.54 Å². The smallest absolute Gasteiger partial charge is 0.322 e. The number of amides is 4. The highest BCUT2D eigenvalue weighted by Crippen LogP contribution is 2.32. The molecule has 3 fully saturated rings. The molecule has 0 aromatic rings. The van der Waals surface area contributed by atoms with Gasteiger partial charge in [0.05, 0.1) is 12.6 Å². The summed E-state index contributed by atoms with van der Waals surface area (Å²) in [5.41, 5.74) is -0.967. The van der Waals surface area contributed by atoms with E-state index < -0.39 is 36.5 Å². The van der Waals surface area contributed by atoms with Crippen LogP contribution >= 0.6 is 12.4 Å². The molecular formula is C14H21ClF2N4O3. The summed E-state index contributed by atoms with van der Waals surface area (Å²) in [5.74, 6) is -3.59. The van der Waals surface area contributed by atoms with Gasteiger partial charge in [-0.2, -0.15) is 0 Å². The van der Waals surface area contributed by atoms with Crippen LogP contribution in [0.25, 0.3) is 0 Å². The van der Waals surface area contributed by atoms with Gasteiger partial charge in [-0.25, -0.2) is 13.6 Å². The minimum Gasteiger partial charge on any atom is -0.341 e. The van der Waals surface area contributed by atoms with Crippen LogP contribution in [-0.4, -0.2) is 59.9 Å². The van der Waals surface area contributed by atoms with Crippen LogP contribution in [0.5, 0.6) is 0 Å². The number of hydrogen-bond donors (Lipinski definition) is 3. The molecule has 10 heteroatoms. The molecule has 3 rings (SSSR count). The molecule has 0 aromatic carbocycles. The predicted octanol–water partition coefficient (Wildman–Crippen LogP) is 0.242. The third kappa shape index (κ3) is 3.32. The third-order valence-corrected chi connectivity index (χ3v) is 5.10. The SMILES string of the molecule is CC1(C2CCN(C(=O)C3CC(F)(F)CN3)CC2)NC(=O)NC1=O.Cl. The zero-order valence-corrected chi connectivity index (χ0v) is 14.0. The van der Waals surface area contributed by atoms with Crippen molar-refractivity contribution in [2.24, 2.45) is 5.92 Å². The predicted molar refractivity (Wildman–Crippen MR) is 83.0 cm³/mol. The highest BCUT2D eigenvalue weighted by Gasteiger charge is 2.49. The molecule has 7 nitrogen and oxygen atoms in total. The van der Waals surface area contributed by atoms with Crippen molar-refractivity contribution in [2.75, 3.05) is 19.6 Å². The van der Waals surface area contributed by atoms with Gasteiger partial charge in [0.25, 0.3) is 11.8 Å². The number of carbonyl (C=O) groups is 3. The normalized spacial score (nSPS) is 33.0. The Kier molecular flexibility index (Phi) is 5.06. The Balaban J connectivity index is 0.00000208. The standard InChI is InChI=1S/C14H20F2N4O3.ClH/c1-13(11(22)18-12(23)19-13)8-2-4-20(5-3-8)10(21)9-6-14(15,16)7-17-9;/h8-9,17H,2-7H2,1H3,(H2,18,19,22,23);1H. The number of alkyl halides is 2. The molecule has 136 valence electrons. The summed E-state index contributed by atoms with van der Waals surface area (Å²) in [6, 6.07) is -1.35. The fraction of sp³-hybridized carbons (Fsp3) is 0.786. The van der Waals surface area contributed by atoms with E-state index >= 15 is 0 Å². The van der Waals surface area contributed by atoms with Gasteiger partial charge in [-0.1, -0.05) is 0 Å². The molecule has 3 saturated heterocycles. The zero-order chi connectivity index (χ0) is 16.8. The molecule has 3 N–H and O–H groups in total. The molecule has 0 spiro atoms. The first kappa shape index (κ1) is 18.9. The first-order valence-electron chi connectivity index (χ1n) is 7.75. The molecule has 0 aromatic heterocycles. The van der Waals surface area contributed by atoms with Crippen molar-refractivity contribution in [1.82, 2.24) is 20.9 Å². The average Bonchev–Trinajstić information content (AvgIpc) is 2.98. The summed E-state index contributed by atoms with van der Waals surface area (Å²) >= 11 is 0. The second-order valence-corrected chi connectivity index (χ2v) is 6.70. The topological polar surface area (TPSA) is 90.5 Å². The van der Waals surface area contributed by atoms with Gasteiger partial charge in [0, 0.05) is 19.5 Å². The second-order valence-electron chi connectivity index (χ2n) is 6.70. The molecule has 0 saturated carbocycles. The summed E-state index contributed by atoms with van der Waals surface area (Å²) < 4.78 is 26.4. The summed E-state index contributed by atoms with van der Waals surface area (Å²) in [6.07, 6.45) is 0.611. The van der Waals surface area contributed by atoms with Gasteiger partial charge in [0.15, 0.2) is 0 Å². The molecule has 2 unspecified atom stereocenters. The van der Waals surface area contributed by atoms with E-state index in [1.165, 1.54) is 0 Å². The van der Waals surface area contributed by atoms with Crippen molar-refractivity contribution in [2.45, 2.75) is 43.7 Å². The number of imide groups is 1. The van der Waals surface area contributed by atoms with E-state index in [2.05, 4.69) is 16.0 Å². The molecule has 3 heterocycles. The van der Waals surface area contributed by atoms with Crippen LogP contribution in [0.1, 0.15) is 26.2 Å². The van der Waals surface area contributed by atoms with E-state index in [4.69, 9.17) is 0 Å². The number of rotatable bonds is 2. The Morgan fingerprint density at radius 2 is 1.88 bits per heavy atom. The first-order valence-corrected chi connectivity index (χ1v) is 7.75. The summed E-state index contributed by atoms with van der Waals surface area (Å²) in [4.78, 5) is 37.1. The van der Waals surface area contributed by atoms with E-state index in [0.717, 1.165) is 0 Å². The van der Waals surface area contributed by atoms with Crippen molar-refractivity contribution >= 4 is 30.3 Å². The summed E-state index contributed by atoms with van der Waals surface area (Å²) in [6.45, 7) is 2.00. The number of likely N-dealkylation sites (tertiary alicyclic amines) is 1. The lowest BCUT2D eigenvalue weighted by Gasteiger charge is -2.39. The Labute approximate surface area is 144 Å². The van der Waals surface area contributed by atoms with Gasteiger partial charge in [0.2, 0.25) is 5.91 Å². The van der Waals surface area contributed by atoms with Crippen molar-refractivity contribution in [3.05, 3.63) is 0 Å². The third-order valence-electron chi connectivity index (χ3n) is 5.10. The van der Waals surface area contributed by atoms with Gasteiger partial charge in [-0.05, 0) is 25.7 Å². The van der Waals surface area contributed by atoms with Crippen LogP contribution in [-0.2, 0) is 9.59 Å². The zero-order valence-electron chi connectivity index (χ0n) is 13.2. The van der Waals surface area contributed by atoms with Crippen molar-refractivity contribution in [3.63, 3.8) is 0 Å². The van der Waals surface area contributed by atoms with Gasteiger partial charge in [-0.15, -0.1) is 12.4 Å². The lowest BCUT2D eigenvalue weighted by Crippen LogP contribution is -2.55. The number of urea groups is 1. The molecule has 0 aliphatic carbocycles. The van der Waals surface area contributed by atoms with Gasteiger partial charge >= 0.3 is 6.03 Å². The summed E-state index contributed by atoms with van der Waals surface area (Å²) in [5, 5.41) is 7.44. The number of nitrogens with one attached hydrogen (secondary N) is 3. The Morgan fingerprint density at radius 3 is 2.33 bits per heavy atom. The van der Waals surface area contributed by atoms with Crippen molar-refractivity contribution < 1.29 is 23.2 Å². The van der Waals surface area contributed by atoms with Crippen LogP contribution in [0, 0.1) is 5.92 Å². The lowest BCUT2D eigenvalue weighted by atomic mass is 9.79. The molecular weight excluding hydrogens is 346 g/mol. The van der Waals surface area contributed by atoms with Gasteiger partial charge in [-0.3, -0.25) is 20.2 Å². The quantitative estimate of drug-likeness (QED) is 0.611. The fourth-order valence-electron chi connectivity index (χ4n) is 3.63. The Hall–Kier alpha value is -1.48. The first-order chi connectivity index (χ1) is 10.7. The highest BCUT2D eigenvalue weighted by molar-refractivity contribution is 6.07. The number of carbonyl (C=O) groups excluding carboxylic acids is 3. The highest BCUT2D eigenvalue weighted by atomic mass is 35.5. The molecule has 2 atom stereocenters. The second kappa shape index (κ2) is 6.44. The number of nitrogens with zero attached hydrogens (tertiary/aromatic N) is 1. The largest absolute Gasteiger partial charge is 0.341 e. The van der Waals surface area contributed by atoms with Crippen LogP contribution in [0.3, 0.4) is 0 Å². The maximum absolute atomic E-state index is 13.2. The van der Waals surface area contributed by atoms with Crippen LogP contribution < -0.4 is 16.0 Å². The van der Waals surface area contributed by atoms with E-state index in [-0.39, 0.29) is 30.1 Å². The maximum Gasteiger partial charge on any atom is 0.322 e. The molecule has 0 radical (unpaired) electrons. The number of hydrogen-bond acceptors (Lipinski definition) is 4. The van der Waals surface area contributed by atoms with E-state index in [9.17, 15) is 23.2 Å². The molecule has 0 bridgehead atoms. The number of halogens is 3. The molecule has 24 heavy (non-hydrogen) atoms. The Bertz CT molecular complexity index is 554. The minimum atomic E-state index is -2.83.